The standard InChI is InChI=1S/C28H33FN6O5/c1-34(23(36)20(11-16-4-5-16)33-25(38)27(29)8-9-27)21(12-17-6-7-17)24(37)35-15-28(13-18(35)14-30)26(39)32-19-3-2-10-31-22(19)40-28/h2-3,10,16-18,20-21H,4-9,11-13,15H2,1H3,(H,32,39)(H,33,38). The molecule has 212 valence electrons. The minimum Gasteiger partial charge on any atom is -0.457 e. The number of pyridine rings is 1. The lowest BCUT2D eigenvalue weighted by Crippen LogP contribution is -2.58. The fourth-order valence-electron chi connectivity index (χ4n) is 5.71. The zero-order chi connectivity index (χ0) is 28.2. The summed E-state index contributed by atoms with van der Waals surface area (Å²) in [7, 11) is 1.53. The number of halogens is 1. The Labute approximate surface area is 231 Å². The molecule has 4 amide bonds. The van der Waals surface area contributed by atoms with E-state index in [9.17, 15) is 28.8 Å². The number of hydrogen-bond acceptors (Lipinski definition) is 7. The van der Waals surface area contributed by atoms with Gasteiger partial charge in [0, 0.05) is 19.7 Å². The normalized spacial score (nSPS) is 27.5. The Hall–Kier alpha value is -3.75. The van der Waals surface area contributed by atoms with Crippen molar-refractivity contribution in [1.82, 2.24) is 20.1 Å². The van der Waals surface area contributed by atoms with Crippen molar-refractivity contribution < 1.29 is 28.3 Å². The Bertz CT molecular complexity index is 1290. The van der Waals surface area contributed by atoms with Crippen LogP contribution >= 0.6 is 0 Å². The van der Waals surface area contributed by atoms with Crippen LogP contribution in [0.3, 0.4) is 0 Å². The zero-order valence-electron chi connectivity index (χ0n) is 22.4. The highest BCUT2D eigenvalue weighted by atomic mass is 19.1. The Morgan fingerprint density at radius 3 is 2.62 bits per heavy atom. The largest absolute Gasteiger partial charge is 0.457 e. The first-order valence-corrected chi connectivity index (χ1v) is 14.0. The van der Waals surface area contributed by atoms with Gasteiger partial charge in [-0.05, 0) is 49.7 Å². The molecule has 2 aliphatic heterocycles. The molecule has 3 saturated carbocycles. The number of carbonyl (C=O) groups excluding carboxylic acids is 4. The van der Waals surface area contributed by atoms with E-state index in [4.69, 9.17) is 4.74 Å². The molecule has 40 heavy (non-hydrogen) atoms. The van der Waals surface area contributed by atoms with Crippen molar-refractivity contribution >= 4 is 29.3 Å². The van der Waals surface area contributed by atoms with E-state index in [1.807, 2.05) is 0 Å². The summed E-state index contributed by atoms with van der Waals surface area (Å²) in [4.78, 5) is 60.4. The maximum absolute atomic E-state index is 14.4. The van der Waals surface area contributed by atoms with E-state index in [1.165, 1.54) is 23.0 Å². The molecule has 2 N–H and O–H groups in total. The molecule has 4 unspecified atom stereocenters. The molecule has 12 heteroatoms. The van der Waals surface area contributed by atoms with Gasteiger partial charge in [-0.15, -0.1) is 0 Å². The summed E-state index contributed by atoms with van der Waals surface area (Å²) in [5.74, 6) is -1.39. The number of ether oxygens (including phenoxy) is 1. The van der Waals surface area contributed by atoms with Crippen LogP contribution in [0, 0.1) is 23.2 Å². The van der Waals surface area contributed by atoms with Gasteiger partial charge < -0.3 is 25.2 Å². The molecule has 5 aliphatic rings. The fourth-order valence-corrected chi connectivity index (χ4v) is 5.71. The van der Waals surface area contributed by atoms with E-state index in [-0.39, 0.29) is 43.5 Å². The van der Waals surface area contributed by atoms with Crippen LogP contribution in [-0.4, -0.2) is 81.4 Å². The number of anilines is 1. The number of hydrogen-bond donors (Lipinski definition) is 2. The molecule has 3 aliphatic carbocycles. The SMILES string of the molecule is CN(C(=O)C(CC1CC1)NC(=O)C1(F)CC1)C(CC1CC1)C(=O)N1CC2(CC1C#N)Oc1ncccc1NC2=O. The lowest BCUT2D eigenvalue weighted by atomic mass is 9.97. The first-order valence-electron chi connectivity index (χ1n) is 14.0. The second-order valence-corrected chi connectivity index (χ2v) is 12.0. The molecule has 11 nitrogen and oxygen atoms in total. The summed E-state index contributed by atoms with van der Waals surface area (Å²) in [5.41, 5.74) is -2.98. The molecule has 4 atom stereocenters. The molecule has 0 radical (unpaired) electrons. The number of nitrogens with one attached hydrogen (secondary N) is 2. The van der Waals surface area contributed by atoms with Gasteiger partial charge in [0.25, 0.3) is 11.8 Å². The minimum atomic E-state index is -1.91. The highest BCUT2D eigenvalue weighted by molar-refractivity contribution is 6.02. The highest BCUT2D eigenvalue weighted by Crippen LogP contribution is 2.42. The highest BCUT2D eigenvalue weighted by Gasteiger charge is 2.57. The van der Waals surface area contributed by atoms with E-state index < -0.39 is 53.0 Å². The molecule has 1 aromatic rings. The van der Waals surface area contributed by atoms with Gasteiger partial charge in [0.1, 0.15) is 23.8 Å². The Kier molecular flexibility index (Phi) is 6.43. The summed E-state index contributed by atoms with van der Waals surface area (Å²) in [5, 5.41) is 15.4. The molecule has 1 saturated heterocycles. The molecule has 6 rings (SSSR count). The fraction of sp³-hybridized carbons (Fsp3) is 0.643. The number of amides is 4. The van der Waals surface area contributed by atoms with Gasteiger partial charge in [-0.25, -0.2) is 9.37 Å². The maximum atomic E-state index is 14.4. The van der Waals surface area contributed by atoms with Crippen LogP contribution in [0.4, 0.5) is 10.1 Å². The van der Waals surface area contributed by atoms with E-state index in [0.717, 1.165) is 25.7 Å². The van der Waals surface area contributed by atoms with Crippen molar-refractivity contribution in [2.24, 2.45) is 11.8 Å². The van der Waals surface area contributed by atoms with Crippen LogP contribution in [0.2, 0.25) is 0 Å². The number of fused-ring (bicyclic) bond motifs is 1. The summed E-state index contributed by atoms with van der Waals surface area (Å²) in [6.07, 6.45) is 6.30. The zero-order valence-corrected chi connectivity index (χ0v) is 22.4. The number of aromatic nitrogens is 1. The summed E-state index contributed by atoms with van der Waals surface area (Å²) >= 11 is 0. The van der Waals surface area contributed by atoms with Gasteiger partial charge in [0.15, 0.2) is 5.67 Å². The minimum absolute atomic E-state index is 0.0379. The summed E-state index contributed by atoms with van der Waals surface area (Å²) in [6.45, 7) is -0.165. The Balaban J connectivity index is 1.22. The first kappa shape index (κ1) is 26.5. The molecule has 3 heterocycles. The maximum Gasteiger partial charge on any atom is 0.270 e. The molecular formula is C28H33FN6O5. The second kappa shape index (κ2) is 9.71. The van der Waals surface area contributed by atoms with E-state index in [1.54, 1.807) is 12.1 Å². The number of nitriles is 1. The number of nitrogens with zero attached hydrogens (tertiary/aromatic N) is 4. The van der Waals surface area contributed by atoms with E-state index in [2.05, 4.69) is 21.7 Å². The van der Waals surface area contributed by atoms with Gasteiger partial charge in [-0.3, -0.25) is 19.2 Å². The van der Waals surface area contributed by atoms with E-state index >= 15 is 0 Å². The van der Waals surface area contributed by atoms with Crippen molar-refractivity contribution in [2.45, 2.75) is 87.2 Å². The van der Waals surface area contributed by atoms with Crippen LogP contribution in [0.25, 0.3) is 0 Å². The summed E-state index contributed by atoms with van der Waals surface area (Å²) in [6, 6.07) is 2.67. The van der Waals surface area contributed by atoms with Crippen LogP contribution in [0.1, 0.15) is 57.8 Å². The number of rotatable bonds is 9. The van der Waals surface area contributed by atoms with Gasteiger partial charge in [-0.1, -0.05) is 25.7 Å². The lowest BCUT2D eigenvalue weighted by molar-refractivity contribution is -0.148. The molecular weight excluding hydrogens is 519 g/mol. The molecule has 0 bridgehead atoms. The topological polar surface area (TPSA) is 145 Å². The van der Waals surface area contributed by atoms with Crippen molar-refractivity contribution in [2.75, 3.05) is 18.9 Å². The van der Waals surface area contributed by atoms with Crippen molar-refractivity contribution in [3.05, 3.63) is 18.3 Å². The van der Waals surface area contributed by atoms with Gasteiger partial charge >= 0.3 is 0 Å². The molecule has 4 fully saturated rings. The summed E-state index contributed by atoms with van der Waals surface area (Å²) < 4.78 is 20.5. The Morgan fingerprint density at radius 2 is 1.98 bits per heavy atom. The third kappa shape index (κ3) is 4.97. The number of likely N-dealkylation sites (tertiary alicyclic amines) is 1. The smallest absolute Gasteiger partial charge is 0.270 e. The van der Waals surface area contributed by atoms with Crippen LogP contribution < -0.4 is 15.4 Å². The Morgan fingerprint density at radius 1 is 1.27 bits per heavy atom. The quantitative estimate of drug-likeness (QED) is 0.474. The third-order valence-corrected chi connectivity index (χ3v) is 8.80. The molecule has 1 aromatic heterocycles. The number of alkyl halides is 1. The average molecular weight is 553 g/mol. The van der Waals surface area contributed by atoms with Crippen LogP contribution in [-0.2, 0) is 19.2 Å². The van der Waals surface area contributed by atoms with Gasteiger partial charge in [0.05, 0.1) is 12.6 Å². The van der Waals surface area contributed by atoms with Gasteiger partial charge in [-0.2, -0.15) is 5.26 Å². The predicted octanol–water partition coefficient (Wildman–Crippen LogP) is 1.69. The van der Waals surface area contributed by atoms with Crippen LogP contribution in [0.15, 0.2) is 18.3 Å². The molecule has 0 aromatic carbocycles. The molecule has 1 spiro atoms. The lowest BCUT2D eigenvalue weighted by Gasteiger charge is -2.35. The monoisotopic (exact) mass is 552 g/mol. The third-order valence-electron chi connectivity index (χ3n) is 8.80. The number of likely N-dealkylation sites (N-methyl/N-ethyl adjacent to an activating group) is 1. The van der Waals surface area contributed by atoms with Crippen molar-refractivity contribution in [3.63, 3.8) is 0 Å². The number of carbonyl (C=O) groups is 4. The predicted molar refractivity (Wildman–Crippen MR) is 138 cm³/mol. The van der Waals surface area contributed by atoms with Crippen molar-refractivity contribution in [1.29, 1.82) is 5.26 Å². The van der Waals surface area contributed by atoms with E-state index in [0.29, 0.717) is 18.5 Å². The second-order valence-electron chi connectivity index (χ2n) is 12.0. The van der Waals surface area contributed by atoms with Crippen LogP contribution in [0.5, 0.6) is 5.88 Å². The average Bonchev–Trinajstić information content (AvgIpc) is 3.84. The first-order chi connectivity index (χ1) is 19.1. The van der Waals surface area contributed by atoms with Crippen molar-refractivity contribution in [3.8, 4) is 11.9 Å². The van der Waals surface area contributed by atoms with Gasteiger partial charge in [0.2, 0.25) is 23.3 Å².